The van der Waals surface area contributed by atoms with Crippen molar-refractivity contribution >= 4 is 39.1 Å². The third kappa shape index (κ3) is 6.46. The van der Waals surface area contributed by atoms with Gasteiger partial charge in [-0.3, -0.25) is 4.79 Å². The molecule has 2 heterocycles. The van der Waals surface area contributed by atoms with E-state index in [2.05, 4.69) is 32.3 Å². The molecule has 1 aliphatic carbocycles. The van der Waals surface area contributed by atoms with Crippen LogP contribution in [0.3, 0.4) is 0 Å². The number of aliphatic hydroxyl groups excluding tert-OH is 3. The summed E-state index contributed by atoms with van der Waals surface area (Å²) in [4.78, 5) is 15.9. The van der Waals surface area contributed by atoms with Gasteiger partial charge in [-0.05, 0) is 49.2 Å². The Morgan fingerprint density at radius 2 is 2.02 bits per heavy atom. The Hall–Kier alpha value is -2.96. The van der Waals surface area contributed by atoms with Crippen molar-refractivity contribution in [3.63, 3.8) is 0 Å². The third-order valence-electron chi connectivity index (χ3n) is 7.91. The highest BCUT2D eigenvalue weighted by atomic mass is 79.9. The Labute approximate surface area is 260 Å². The van der Waals surface area contributed by atoms with E-state index >= 15 is 0 Å². The van der Waals surface area contributed by atoms with E-state index in [-0.39, 0.29) is 10.7 Å². The standard InChI is InChI=1S/C29H30BrClFN5O6/c1-42-27-25(36-13-21(34-35-36)16-8-18(31)11-19(32)9-16)26(40)24(14-38)43-28(27)29(41)37(22-4-2-3-5-23(22)39)20-7-15(12-33)6-17(30)10-20/h6-11,13,22-28,38-40H,2-5,14H2,1H3/t22-,23-,24+,25-,26-,27+,28+/m0/s1. The summed E-state index contributed by atoms with van der Waals surface area (Å²) in [5.41, 5.74) is 1.27. The number of carbonyl (C=O) groups is 1. The molecule has 2 aliphatic rings. The zero-order chi connectivity index (χ0) is 30.8. The van der Waals surface area contributed by atoms with Crippen LogP contribution in [0.5, 0.6) is 0 Å². The summed E-state index contributed by atoms with van der Waals surface area (Å²) in [7, 11) is 1.35. The topological polar surface area (TPSA) is 154 Å². The highest BCUT2D eigenvalue weighted by molar-refractivity contribution is 9.10. The van der Waals surface area contributed by atoms with E-state index in [0.29, 0.717) is 34.1 Å². The minimum absolute atomic E-state index is 0.161. The number of ether oxygens (including phenoxy) is 2. The van der Waals surface area contributed by atoms with Crippen LogP contribution in [0.2, 0.25) is 5.02 Å². The van der Waals surface area contributed by atoms with Gasteiger partial charge in [-0.1, -0.05) is 45.6 Å². The average molecular weight is 679 g/mol. The molecule has 0 radical (unpaired) electrons. The fourth-order valence-corrected chi connectivity index (χ4v) is 6.61. The van der Waals surface area contributed by atoms with Crippen molar-refractivity contribution in [2.75, 3.05) is 18.6 Å². The van der Waals surface area contributed by atoms with E-state index in [9.17, 15) is 29.8 Å². The lowest BCUT2D eigenvalue weighted by Crippen LogP contribution is -2.63. The van der Waals surface area contributed by atoms with Crippen molar-refractivity contribution in [1.29, 1.82) is 5.26 Å². The molecule has 0 spiro atoms. The molecule has 0 bridgehead atoms. The maximum Gasteiger partial charge on any atom is 0.259 e. The molecule has 1 aliphatic heterocycles. The van der Waals surface area contributed by atoms with Gasteiger partial charge < -0.3 is 29.7 Å². The summed E-state index contributed by atoms with van der Waals surface area (Å²) in [6, 6.07) is 9.13. The Morgan fingerprint density at radius 1 is 1.26 bits per heavy atom. The van der Waals surface area contributed by atoms with Crippen molar-refractivity contribution < 1.29 is 34.0 Å². The fraction of sp³-hybridized carbons (Fsp3) is 0.448. The molecule has 43 heavy (non-hydrogen) atoms. The summed E-state index contributed by atoms with van der Waals surface area (Å²) >= 11 is 9.43. The first kappa shape index (κ1) is 31.5. The van der Waals surface area contributed by atoms with Gasteiger partial charge in [0.2, 0.25) is 0 Å². The van der Waals surface area contributed by atoms with E-state index in [1.54, 1.807) is 18.2 Å². The number of rotatable bonds is 7. The number of aliphatic hydroxyl groups is 3. The van der Waals surface area contributed by atoms with Crippen LogP contribution < -0.4 is 4.90 Å². The third-order valence-corrected chi connectivity index (χ3v) is 8.59. The first-order valence-electron chi connectivity index (χ1n) is 13.7. The van der Waals surface area contributed by atoms with E-state index in [4.69, 9.17) is 21.1 Å². The number of hydrogen-bond acceptors (Lipinski definition) is 9. The molecular formula is C29H30BrClFN5O6. The Bertz CT molecular complexity index is 1500. The Balaban J connectivity index is 1.56. The molecule has 1 saturated carbocycles. The van der Waals surface area contributed by atoms with Crippen LogP contribution in [0, 0.1) is 17.1 Å². The number of nitriles is 1. The molecule has 228 valence electrons. The normalized spacial score (nSPS) is 27.4. The van der Waals surface area contributed by atoms with Crippen LogP contribution in [0.4, 0.5) is 10.1 Å². The molecular weight excluding hydrogens is 649 g/mol. The van der Waals surface area contributed by atoms with Crippen molar-refractivity contribution in [3.8, 4) is 17.3 Å². The number of halogens is 3. The number of anilines is 1. The van der Waals surface area contributed by atoms with Gasteiger partial charge in [0.15, 0.2) is 6.10 Å². The minimum Gasteiger partial charge on any atom is -0.394 e. The highest BCUT2D eigenvalue weighted by Crippen LogP contribution is 2.37. The molecule has 1 aromatic heterocycles. The number of carbonyl (C=O) groups excluding carboxylic acids is 1. The molecule has 1 saturated heterocycles. The monoisotopic (exact) mass is 677 g/mol. The first-order valence-corrected chi connectivity index (χ1v) is 14.9. The number of methoxy groups -OCH3 is 1. The second-order valence-electron chi connectivity index (χ2n) is 10.6. The van der Waals surface area contributed by atoms with Gasteiger partial charge in [-0.15, -0.1) is 5.10 Å². The zero-order valence-corrected chi connectivity index (χ0v) is 25.4. The van der Waals surface area contributed by atoms with Gasteiger partial charge in [0.1, 0.15) is 35.9 Å². The molecule has 11 nitrogen and oxygen atoms in total. The van der Waals surface area contributed by atoms with Crippen LogP contribution in [-0.4, -0.2) is 86.5 Å². The van der Waals surface area contributed by atoms with Gasteiger partial charge in [0.25, 0.3) is 5.91 Å². The second kappa shape index (κ2) is 13.4. The van der Waals surface area contributed by atoms with Gasteiger partial charge in [-0.2, -0.15) is 5.26 Å². The van der Waals surface area contributed by atoms with Gasteiger partial charge >= 0.3 is 0 Å². The van der Waals surface area contributed by atoms with E-state index in [0.717, 1.165) is 18.9 Å². The molecule has 3 aromatic rings. The molecule has 2 fully saturated rings. The molecule has 5 rings (SSSR count). The molecule has 3 N–H and O–H groups in total. The number of nitrogens with zero attached hydrogens (tertiary/aromatic N) is 5. The number of benzene rings is 2. The summed E-state index contributed by atoms with van der Waals surface area (Å²) in [6.45, 7) is -0.625. The van der Waals surface area contributed by atoms with Crippen LogP contribution in [0.1, 0.15) is 37.3 Å². The SMILES string of the molecule is CO[C@@H]1[C@@H](n2cc(-c3cc(F)cc(Cl)c3)nn2)[C@@H](O)[C@@H](CO)O[C@H]1C(=O)N(c1cc(Br)cc(C#N)c1)[C@H]1CCCC[C@@H]1O. The van der Waals surface area contributed by atoms with Gasteiger partial charge in [-0.25, -0.2) is 9.07 Å². The molecule has 1 amide bonds. The van der Waals surface area contributed by atoms with Crippen LogP contribution in [-0.2, 0) is 14.3 Å². The number of aromatic nitrogens is 3. The predicted molar refractivity (Wildman–Crippen MR) is 157 cm³/mol. The van der Waals surface area contributed by atoms with Crippen LogP contribution in [0.15, 0.2) is 47.1 Å². The number of hydrogen-bond donors (Lipinski definition) is 3. The summed E-state index contributed by atoms with van der Waals surface area (Å²) in [5.74, 6) is -1.16. The average Bonchev–Trinajstić information content (AvgIpc) is 3.47. The molecule has 14 heteroatoms. The largest absolute Gasteiger partial charge is 0.394 e. The quantitative estimate of drug-likeness (QED) is 0.341. The predicted octanol–water partition coefficient (Wildman–Crippen LogP) is 3.39. The molecule has 0 unspecified atom stereocenters. The maximum absolute atomic E-state index is 14.5. The Kier molecular flexibility index (Phi) is 9.77. The van der Waals surface area contributed by atoms with Crippen molar-refractivity contribution in [3.05, 3.63) is 63.5 Å². The van der Waals surface area contributed by atoms with Crippen LogP contribution in [0.25, 0.3) is 11.3 Å². The zero-order valence-electron chi connectivity index (χ0n) is 23.1. The lowest BCUT2D eigenvalue weighted by molar-refractivity contribution is -0.211. The van der Waals surface area contributed by atoms with Crippen molar-refractivity contribution in [2.24, 2.45) is 0 Å². The van der Waals surface area contributed by atoms with E-state index < -0.39 is 60.9 Å². The van der Waals surface area contributed by atoms with E-state index in [1.807, 2.05) is 0 Å². The highest BCUT2D eigenvalue weighted by Gasteiger charge is 2.52. The Morgan fingerprint density at radius 3 is 2.70 bits per heavy atom. The molecule has 7 atom stereocenters. The molecule has 2 aromatic carbocycles. The lowest BCUT2D eigenvalue weighted by atomic mass is 9.88. The lowest BCUT2D eigenvalue weighted by Gasteiger charge is -2.46. The van der Waals surface area contributed by atoms with Crippen molar-refractivity contribution in [2.45, 2.75) is 68.3 Å². The van der Waals surface area contributed by atoms with E-state index in [1.165, 1.54) is 35.0 Å². The smallest absolute Gasteiger partial charge is 0.259 e. The van der Waals surface area contributed by atoms with Crippen LogP contribution >= 0.6 is 27.5 Å². The number of amides is 1. The fourth-order valence-electron chi connectivity index (χ4n) is 5.91. The maximum atomic E-state index is 14.5. The second-order valence-corrected chi connectivity index (χ2v) is 12.0. The first-order chi connectivity index (χ1) is 20.6. The van der Waals surface area contributed by atoms with Crippen molar-refractivity contribution in [1.82, 2.24) is 15.0 Å². The van der Waals surface area contributed by atoms with Gasteiger partial charge in [0, 0.05) is 27.9 Å². The summed E-state index contributed by atoms with van der Waals surface area (Å²) in [5, 5.41) is 50.4. The minimum atomic E-state index is -1.38. The summed E-state index contributed by atoms with van der Waals surface area (Å²) in [6.07, 6.45) is -1.91. The van der Waals surface area contributed by atoms with Gasteiger partial charge in [0.05, 0.1) is 36.6 Å². The summed E-state index contributed by atoms with van der Waals surface area (Å²) < 4.78 is 27.7.